The van der Waals surface area contributed by atoms with E-state index in [2.05, 4.69) is 339 Å². The molecule has 2 aromatic heterocycles. The van der Waals surface area contributed by atoms with Gasteiger partial charge < -0.3 is 18.9 Å². The van der Waals surface area contributed by atoms with Crippen molar-refractivity contribution < 1.29 is 11.0 Å². The van der Waals surface area contributed by atoms with E-state index >= 15 is 0 Å². The summed E-state index contributed by atoms with van der Waals surface area (Å²) in [5, 5.41) is 2.28. The molecule has 0 amide bonds. The van der Waals surface area contributed by atoms with Crippen LogP contribution in [0.1, 0.15) is 169 Å². The van der Waals surface area contributed by atoms with E-state index in [4.69, 9.17) is 0 Å². The summed E-state index contributed by atoms with van der Waals surface area (Å²) in [6.07, 6.45) is 0. The van der Waals surface area contributed by atoms with Crippen molar-refractivity contribution in [3.8, 4) is 44.8 Å². The highest BCUT2D eigenvalue weighted by molar-refractivity contribution is 7.00. The molecule has 502 valence electrons. The first-order chi connectivity index (χ1) is 51.2. The van der Waals surface area contributed by atoms with Gasteiger partial charge in [-0.3, -0.25) is 0 Å². The summed E-state index contributed by atoms with van der Waals surface area (Å²) in [7, 11) is 0. The van der Waals surface area contributed by atoms with Crippen LogP contribution in [0.4, 0.5) is 34.1 Å². The average molecular weight is 1320 g/mol. The summed E-state index contributed by atoms with van der Waals surface area (Å²) in [6, 6.07) is 70.8. The third-order valence-electron chi connectivity index (χ3n) is 21.4. The highest BCUT2D eigenvalue weighted by Gasteiger charge is 2.45. The van der Waals surface area contributed by atoms with E-state index in [-0.39, 0.29) is 66.4 Å². The summed E-state index contributed by atoms with van der Waals surface area (Å²) in [6.45, 7) is 40.5. The maximum Gasteiger partial charge on any atom is 0.252 e. The summed E-state index contributed by atoms with van der Waals surface area (Å²) in [5.41, 5.74) is 24.6. The molecule has 5 heteroatoms. The second-order valence-corrected chi connectivity index (χ2v) is 34.7. The van der Waals surface area contributed by atoms with Crippen LogP contribution in [0.5, 0.6) is 0 Å². The first-order valence-electron chi connectivity index (χ1n) is 39.9. The molecule has 0 fully saturated rings. The molecule has 2 aliphatic heterocycles. The molecule has 0 atom stereocenters. The van der Waals surface area contributed by atoms with E-state index in [1.54, 1.807) is 4.57 Å². The molecule has 14 aromatic rings. The van der Waals surface area contributed by atoms with E-state index in [1.165, 1.54) is 33.4 Å². The predicted molar refractivity (Wildman–Crippen MR) is 438 cm³/mol. The molecule has 16 rings (SSSR count). The van der Waals surface area contributed by atoms with Gasteiger partial charge in [-0.1, -0.05) is 294 Å². The van der Waals surface area contributed by atoms with Crippen LogP contribution < -0.4 is 26.2 Å². The van der Waals surface area contributed by atoms with Gasteiger partial charge in [0.2, 0.25) is 0 Å². The van der Waals surface area contributed by atoms with Gasteiger partial charge >= 0.3 is 0 Å². The molecule has 0 saturated carbocycles. The maximum atomic E-state index is 10.0. The number of aromatic nitrogens is 2. The topological polar surface area (TPSA) is 16.3 Å². The van der Waals surface area contributed by atoms with Crippen molar-refractivity contribution in [3.63, 3.8) is 0 Å². The molecule has 0 N–H and O–H groups in total. The second kappa shape index (κ2) is 23.2. The molecule has 0 spiro atoms. The Kier molecular flexibility index (Phi) is 13.0. The van der Waals surface area contributed by atoms with Gasteiger partial charge in [0.15, 0.2) is 0 Å². The molecule has 4 heterocycles. The van der Waals surface area contributed by atoms with Gasteiger partial charge in [0.25, 0.3) is 6.71 Å². The number of hydrogen-bond donors (Lipinski definition) is 0. The van der Waals surface area contributed by atoms with Crippen LogP contribution in [0.3, 0.4) is 0 Å². The van der Waals surface area contributed by atoms with Gasteiger partial charge in [-0.25, -0.2) is 0 Å². The molecule has 0 aliphatic carbocycles. The number of fused-ring (bicyclic) bond motifs is 10. The zero-order valence-corrected chi connectivity index (χ0v) is 61.9. The molecule has 0 radical (unpaired) electrons. The van der Waals surface area contributed by atoms with Crippen LogP contribution in [0.2, 0.25) is 0 Å². The maximum absolute atomic E-state index is 10.0. The number of rotatable bonds is 7. The van der Waals surface area contributed by atoms with E-state index in [1.807, 2.05) is 0 Å². The van der Waals surface area contributed by atoms with Gasteiger partial charge in [0.1, 0.15) is 0 Å². The molecular weight excluding hydrogens is 1220 g/mol. The number of anilines is 6. The lowest BCUT2D eigenvalue weighted by Gasteiger charge is -2.45. The lowest BCUT2D eigenvalue weighted by atomic mass is 9.33. The zero-order valence-electron chi connectivity index (χ0n) is 69.9. The van der Waals surface area contributed by atoms with Crippen molar-refractivity contribution in [2.45, 2.75) is 157 Å². The fraction of sp³-hybridized carbons (Fsp3) is 0.250. The molecule has 0 saturated heterocycles. The smallest absolute Gasteiger partial charge is 0.252 e. The Morgan fingerprint density at radius 2 is 0.634 bits per heavy atom. The average Bonchev–Trinajstić information content (AvgIpc) is 1.68. The third kappa shape index (κ3) is 11.3. The van der Waals surface area contributed by atoms with Gasteiger partial charge in [-0.15, -0.1) is 0 Å². The van der Waals surface area contributed by atoms with Gasteiger partial charge in [0.05, 0.1) is 38.7 Å². The van der Waals surface area contributed by atoms with Gasteiger partial charge in [0, 0.05) is 61.4 Å². The normalized spacial score (nSPS) is 14.7. The van der Waals surface area contributed by atoms with E-state index < -0.39 is 43.0 Å². The molecule has 0 bridgehead atoms. The molecule has 4 nitrogen and oxygen atoms in total. The minimum Gasteiger partial charge on any atom is -0.311 e. The van der Waals surface area contributed by atoms with Crippen molar-refractivity contribution in [2.75, 3.05) is 9.80 Å². The number of benzene rings is 12. The number of hydrogen-bond acceptors (Lipinski definition) is 2. The van der Waals surface area contributed by atoms with Crippen LogP contribution >= 0.6 is 0 Å². The van der Waals surface area contributed by atoms with Crippen molar-refractivity contribution in [1.82, 2.24) is 9.13 Å². The van der Waals surface area contributed by atoms with E-state index in [0.717, 1.165) is 111 Å². The predicted octanol–water partition coefficient (Wildman–Crippen LogP) is 24.7. The molecule has 101 heavy (non-hydrogen) atoms. The Balaban J connectivity index is 1.09. The molecule has 12 aromatic carbocycles. The highest BCUT2D eigenvalue weighted by Crippen LogP contribution is 2.50. The number of para-hydroxylation sites is 4. The zero-order chi connectivity index (χ0) is 77.7. The lowest BCUT2D eigenvalue weighted by Crippen LogP contribution is -2.61. The molecule has 2 aliphatic rings. The Hall–Kier alpha value is -10.1. The van der Waals surface area contributed by atoms with E-state index in [0.29, 0.717) is 5.69 Å². The molecular formula is C96H95BN4. The third-order valence-corrected chi connectivity index (χ3v) is 21.4. The van der Waals surface area contributed by atoms with Crippen molar-refractivity contribution in [3.05, 3.63) is 282 Å². The Morgan fingerprint density at radius 1 is 0.257 bits per heavy atom. The minimum absolute atomic E-state index is 0.00905. The lowest BCUT2D eigenvalue weighted by molar-refractivity contribution is 0.568. The van der Waals surface area contributed by atoms with Crippen LogP contribution in [-0.2, 0) is 32.5 Å². The van der Waals surface area contributed by atoms with Gasteiger partial charge in [-0.05, 0) is 194 Å². The van der Waals surface area contributed by atoms with E-state index in [9.17, 15) is 11.0 Å². The second-order valence-electron chi connectivity index (χ2n) is 34.7. The standard InChI is InChI=1S/C96H95BN4/c1-91(2,3)66-45-63(46-67(54-66)92(4,5)6)60-29-27-31-72(51-60)99-86-44-41-62(65-49-70(95(13,14)15)56-71(50-65)96(16,17)18)53-81(86)97-80-43-42-74(98-82-37-23-19-33-76(82)77-34-20-24-38-83(77)98)57-87(80)100(73-32-28-30-61(52-73)64-47-68(93(7,8)9)55-69(48-64)94(10,11)12)89-59-75(58-88(99)90(89)97)101-84-39-25-21-35-78(84)79-36-22-26-40-85(79)101/h19-59H,1-18H3/i21D,22D,25D,26D,35D,36D,39D,40D. The molecule has 0 unspecified atom stereocenters. The monoisotopic (exact) mass is 1320 g/mol. The number of nitrogens with zero attached hydrogens (tertiary/aromatic N) is 4. The first kappa shape index (κ1) is 56.6. The van der Waals surface area contributed by atoms with Crippen LogP contribution in [0, 0.1) is 0 Å². The minimum atomic E-state index is -0.499. The quantitative estimate of drug-likeness (QED) is 0.148. The Labute approximate surface area is 611 Å². The first-order valence-corrected chi connectivity index (χ1v) is 35.9. The van der Waals surface area contributed by atoms with Crippen molar-refractivity contribution in [2.24, 2.45) is 0 Å². The highest BCUT2D eigenvalue weighted by atomic mass is 15.2. The van der Waals surface area contributed by atoms with Gasteiger partial charge in [-0.2, -0.15) is 0 Å². The summed E-state index contributed by atoms with van der Waals surface area (Å²) < 4.78 is 80.9. The summed E-state index contributed by atoms with van der Waals surface area (Å²) >= 11 is 0. The van der Waals surface area contributed by atoms with Crippen LogP contribution in [0.15, 0.2) is 249 Å². The van der Waals surface area contributed by atoms with Crippen molar-refractivity contribution >= 4 is 101 Å². The summed E-state index contributed by atoms with van der Waals surface area (Å²) in [4.78, 5) is 4.77. The van der Waals surface area contributed by atoms with Crippen LogP contribution in [0.25, 0.3) is 88.4 Å². The van der Waals surface area contributed by atoms with Crippen LogP contribution in [-0.4, -0.2) is 15.8 Å². The SMILES string of the molecule is [2H]c1c([2H])c([2H])c2c(c1[2H])c1c([2H])c([2H])c([2H])c([2H])c1n2-c1cc2c3c(c1)N(c1cccc(-c4cc(C(C)(C)C)cc(C(C)(C)C)c4)c1)c1cc(-n4c5ccccc5c5ccccc54)ccc1B3c1cc(-c3cc(C(C)(C)C)cc(C(C)(C)C)c3)ccc1N2c1cccc(-c2cc(C(C)(C)C)cc(C(C)(C)C)c2)c1. The Bertz CT molecular complexity index is 5960. The van der Waals surface area contributed by atoms with Crippen molar-refractivity contribution in [1.29, 1.82) is 0 Å². The Morgan fingerprint density at radius 3 is 1.06 bits per heavy atom. The fourth-order valence-electron chi connectivity index (χ4n) is 15.5. The fourth-order valence-corrected chi connectivity index (χ4v) is 15.5. The largest absolute Gasteiger partial charge is 0.311 e. The summed E-state index contributed by atoms with van der Waals surface area (Å²) in [5.74, 6) is 0.